The number of morpholine rings is 1. The van der Waals surface area contributed by atoms with E-state index in [0.29, 0.717) is 0 Å². The van der Waals surface area contributed by atoms with Crippen molar-refractivity contribution in [2.24, 2.45) is 7.05 Å². The monoisotopic (exact) mass is 232 g/mol. The number of hydrogen-bond acceptors (Lipinski definition) is 4. The summed E-state index contributed by atoms with van der Waals surface area (Å²) in [7, 11) is 2.03. The molecule has 2 heterocycles. The molecule has 0 unspecified atom stereocenters. The molecule has 1 aliphatic heterocycles. The minimum Gasteiger partial charge on any atom is -0.379 e. The Bertz CT molecular complexity index is 516. The van der Waals surface area contributed by atoms with E-state index in [1.165, 1.54) is 0 Å². The average molecular weight is 232 g/mol. The van der Waals surface area contributed by atoms with E-state index in [2.05, 4.69) is 26.1 Å². The maximum atomic E-state index is 5.32. The molecule has 2 aromatic rings. The molecule has 1 fully saturated rings. The van der Waals surface area contributed by atoms with E-state index < -0.39 is 0 Å². The Morgan fingerprint density at radius 2 is 2.00 bits per heavy atom. The molecule has 0 radical (unpaired) electrons. The highest BCUT2D eigenvalue weighted by molar-refractivity contribution is 5.78. The fraction of sp³-hybridized carbons (Fsp3) is 0.417. The summed E-state index contributed by atoms with van der Waals surface area (Å²) < 4.78 is 7.39. The number of nitrogens with zero attached hydrogens (tertiary/aromatic N) is 3. The smallest absolute Gasteiger partial charge is 0.218 e. The first-order chi connectivity index (χ1) is 8.34. The lowest BCUT2D eigenvalue weighted by Gasteiger charge is -2.27. The number of benzene rings is 1. The van der Waals surface area contributed by atoms with Crippen LogP contribution >= 0.6 is 0 Å². The first kappa shape index (κ1) is 10.6. The Hall–Kier alpha value is -1.59. The molecule has 1 aromatic carbocycles. The second-order valence-corrected chi connectivity index (χ2v) is 4.19. The van der Waals surface area contributed by atoms with Gasteiger partial charge < -0.3 is 9.30 Å². The van der Waals surface area contributed by atoms with Gasteiger partial charge in [-0.3, -0.25) is 5.43 Å². The maximum absolute atomic E-state index is 5.32. The van der Waals surface area contributed by atoms with Gasteiger partial charge in [0, 0.05) is 20.1 Å². The van der Waals surface area contributed by atoms with Crippen molar-refractivity contribution in [2.45, 2.75) is 0 Å². The van der Waals surface area contributed by atoms with Gasteiger partial charge in [0.05, 0.1) is 24.2 Å². The Kier molecular flexibility index (Phi) is 2.70. The second-order valence-electron chi connectivity index (χ2n) is 4.19. The van der Waals surface area contributed by atoms with E-state index in [9.17, 15) is 0 Å². The first-order valence-electron chi connectivity index (χ1n) is 5.85. The van der Waals surface area contributed by atoms with Crippen molar-refractivity contribution in [2.75, 3.05) is 31.7 Å². The highest BCUT2D eigenvalue weighted by Gasteiger charge is 2.13. The largest absolute Gasteiger partial charge is 0.379 e. The Morgan fingerprint density at radius 3 is 2.76 bits per heavy atom. The number of fused-ring (bicyclic) bond motifs is 1. The van der Waals surface area contributed by atoms with Crippen molar-refractivity contribution < 1.29 is 4.74 Å². The number of ether oxygens (including phenoxy) is 1. The van der Waals surface area contributed by atoms with Crippen molar-refractivity contribution >= 4 is 17.0 Å². The molecule has 3 rings (SSSR count). The SMILES string of the molecule is Cn1c(NN2CCOCC2)nc2ccccc21. The predicted octanol–water partition coefficient (Wildman–Crippen LogP) is 1.23. The van der Waals surface area contributed by atoms with E-state index >= 15 is 0 Å². The van der Waals surface area contributed by atoms with Gasteiger partial charge in [0.1, 0.15) is 0 Å². The molecule has 17 heavy (non-hydrogen) atoms. The lowest BCUT2D eigenvalue weighted by atomic mass is 10.3. The summed E-state index contributed by atoms with van der Waals surface area (Å²) in [6, 6.07) is 8.14. The highest BCUT2D eigenvalue weighted by Crippen LogP contribution is 2.18. The Morgan fingerprint density at radius 1 is 1.24 bits per heavy atom. The number of para-hydroxylation sites is 2. The minimum absolute atomic E-state index is 0.775. The summed E-state index contributed by atoms with van der Waals surface area (Å²) in [5.74, 6) is 0.883. The number of hydrazine groups is 1. The summed E-state index contributed by atoms with van der Waals surface area (Å²) in [5, 5.41) is 2.14. The van der Waals surface area contributed by atoms with Gasteiger partial charge >= 0.3 is 0 Å². The third-order valence-corrected chi connectivity index (χ3v) is 3.06. The first-order valence-corrected chi connectivity index (χ1v) is 5.85. The predicted molar refractivity (Wildman–Crippen MR) is 66.7 cm³/mol. The van der Waals surface area contributed by atoms with Crippen LogP contribution in [0.25, 0.3) is 11.0 Å². The third kappa shape index (κ3) is 1.99. The van der Waals surface area contributed by atoms with Gasteiger partial charge in [0.15, 0.2) is 0 Å². The molecule has 1 N–H and O–H groups in total. The van der Waals surface area contributed by atoms with Gasteiger partial charge in [-0.15, -0.1) is 0 Å². The van der Waals surface area contributed by atoms with Crippen LogP contribution in [0.5, 0.6) is 0 Å². The van der Waals surface area contributed by atoms with E-state index in [4.69, 9.17) is 4.74 Å². The molecular formula is C12H16N4O. The van der Waals surface area contributed by atoms with Crippen LogP contribution in [0.15, 0.2) is 24.3 Å². The summed E-state index contributed by atoms with van der Waals surface area (Å²) in [6.45, 7) is 3.33. The molecule has 1 saturated heterocycles. The fourth-order valence-corrected chi connectivity index (χ4v) is 2.06. The van der Waals surface area contributed by atoms with Gasteiger partial charge in [-0.25, -0.2) is 9.99 Å². The zero-order valence-corrected chi connectivity index (χ0v) is 9.89. The Labute approximate surface area is 100.0 Å². The molecule has 5 heteroatoms. The quantitative estimate of drug-likeness (QED) is 0.845. The summed E-state index contributed by atoms with van der Waals surface area (Å²) >= 11 is 0. The van der Waals surface area contributed by atoms with Gasteiger partial charge in [0.2, 0.25) is 5.95 Å². The second kappa shape index (κ2) is 4.35. The van der Waals surface area contributed by atoms with Crippen LogP contribution in [0.3, 0.4) is 0 Å². The molecule has 0 spiro atoms. The van der Waals surface area contributed by atoms with Gasteiger partial charge in [-0.05, 0) is 12.1 Å². The average Bonchev–Trinajstić information content (AvgIpc) is 2.68. The zero-order valence-electron chi connectivity index (χ0n) is 9.89. The van der Waals surface area contributed by atoms with Gasteiger partial charge in [-0.1, -0.05) is 12.1 Å². The number of aromatic nitrogens is 2. The maximum Gasteiger partial charge on any atom is 0.218 e. The van der Waals surface area contributed by atoms with E-state index in [1.54, 1.807) is 0 Å². The fourth-order valence-electron chi connectivity index (χ4n) is 2.06. The molecular weight excluding hydrogens is 216 g/mol. The number of aryl methyl sites for hydroxylation is 1. The van der Waals surface area contributed by atoms with Crippen molar-refractivity contribution in [1.82, 2.24) is 14.6 Å². The molecule has 0 aliphatic carbocycles. The van der Waals surface area contributed by atoms with E-state index in [-0.39, 0.29) is 0 Å². The van der Waals surface area contributed by atoms with Crippen molar-refractivity contribution in [3.05, 3.63) is 24.3 Å². The van der Waals surface area contributed by atoms with Crippen molar-refractivity contribution in [1.29, 1.82) is 0 Å². The van der Waals surface area contributed by atoms with Crippen LogP contribution in [0.1, 0.15) is 0 Å². The molecule has 1 aliphatic rings. The number of anilines is 1. The van der Waals surface area contributed by atoms with Crippen LogP contribution < -0.4 is 5.43 Å². The van der Waals surface area contributed by atoms with E-state index in [1.807, 2.05) is 25.2 Å². The molecule has 0 bridgehead atoms. The number of rotatable bonds is 2. The third-order valence-electron chi connectivity index (χ3n) is 3.06. The van der Waals surface area contributed by atoms with Crippen LogP contribution in [0, 0.1) is 0 Å². The highest BCUT2D eigenvalue weighted by atomic mass is 16.5. The molecule has 0 saturated carbocycles. The lowest BCUT2D eigenvalue weighted by Crippen LogP contribution is -2.40. The molecule has 1 aromatic heterocycles. The summed E-state index contributed by atoms with van der Waals surface area (Å²) in [5.41, 5.74) is 5.50. The molecule has 0 atom stereocenters. The zero-order chi connectivity index (χ0) is 11.7. The number of hydrogen-bond donors (Lipinski definition) is 1. The van der Waals surface area contributed by atoms with Crippen LogP contribution in [0.2, 0.25) is 0 Å². The minimum atomic E-state index is 0.775. The van der Waals surface area contributed by atoms with Crippen LogP contribution in [-0.2, 0) is 11.8 Å². The molecule has 0 amide bonds. The summed E-state index contributed by atoms with van der Waals surface area (Å²) in [6.07, 6.45) is 0. The van der Waals surface area contributed by atoms with Gasteiger partial charge in [-0.2, -0.15) is 0 Å². The van der Waals surface area contributed by atoms with Gasteiger partial charge in [0.25, 0.3) is 0 Å². The topological polar surface area (TPSA) is 42.3 Å². The lowest BCUT2D eigenvalue weighted by molar-refractivity contribution is 0.0491. The Balaban J connectivity index is 1.87. The molecule has 5 nitrogen and oxygen atoms in total. The molecule has 90 valence electrons. The van der Waals surface area contributed by atoms with Crippen molar-refractivity contribution in [3.63, 3.8) is 0 Å². The number of imidazole rings is 1. The van der Waals surface area contributed by atoms with Crippen LogP contribution in [-0.4, -0.2) is 40.9 Å². The number of nitrogens with one attached hydrogen (secondary N) is 1. The standard InChI is InChI=1S/C12H16N4O/c1-15-11-5-3-2-4-10(11)13-12(15)14-16-6-8-17-9-7-16/h2-5H,6-9H2,1H3,(H,13,14). The normalized spacial score (nSPS) is 17.5. The van der Waals surface area contributed by atoms with E-state index in [0.717, 1.165) is 43.3 Å². The van der Waals surface area contributed by atoms with Crippen LogP contribution in [0.4, 0.5) is 5.95 Å². The van der Waals surface area contributed by atoms with Crippen molar-refractivity contribution in [3.8, 4) is 0 Å². The summed E-state index contributed by atoms with van der Waals surface area (Å²) in [4.78, 5) is 4.58.